The molecular weight excluding hydrogens is 212 g/mol. The fourth-order valence-corrected chi connectivity index (χ4v) is 3.22. The minimum absolute atomic E-state index is 0.257. The Balaban J connectivity index is 2.05. The molecule has 0 aromatic carbocycles. The summed E-state index contributed by atoms with van der Waals surface area (Å²) in [5.41, 5.74) is -0.320. The lowest BCUT2D eigenvalue weighted by atomic mass is 9.99. The van der Waals surface area contributed by atoms with Crippen LogP contribution >= 0.6 is 0 Å². The lowest BCUT2D eigenvalue weighted by Gasteiger charge is -2.26. The average Bonchev–Trinajstić information content (AvgIpc) is 2.92. The SMILES string of the molecule is CCC1NC(C)(CC)C(=O)N1CC1CCCC1. The maximum absolute atomic E-state index is 12.5. The van der Waals surface area contributed by atoms with Gasteiger partial charge in [-0.3, -0.25) is 10.1 Å². The van der Waals surface area contributed by atoms with Gasteiger partial charge in [0.05, 0.1) is 11.7 Å². The van der Waals surface area contributed by atoms with Crippen molar-refractivity contribution in [3.8, 4) is 0 Å². The molecule has 2 atom stereocenters. The second kappa shape index (κ2) is 4.97. The van der Waals surface area contributed by atoms with E-state index in [0.29, 0.717) is 5.91 Å². The summed E-state index contributed by atoms with van der Waals surface area (Å²) in [7, 11) is 0. The van der Waals surface area contributed by atoms with Crippen LogP contribution in [-0.4, -0.2) is 29.1 Å². The summed E-state index contributed by atoms with van der Waals surface area (Å²) in [6, 6.07) is 0. The second-order valence-corrected chi connectivity index (χ2v) is 5.86. The molecule has 1 saturated carbocycles. The molecule has 98 valence electrons. The third-order valence-corrected chi connectivity index (χ3v) is 4.62. The van der Waals surface area contributed by atoms with Crippen molar-refractivity contribution in [2.75, 3.05) is 6.54 Å². The first-order valence-electron chi connectivity index (χ1n) is 7.19. The highest BCUT2D eigenvalue weighted by Crippen LogP contribution is 2.30. The van der Waals surface area contributed by atoms with Crippen LogP contribution in [0.2, 0.25) is 0 Å². The molecular formula is C14H26N2O. The van der Waals surface area contributed by atoms with Crippen LogP contribution in [0.15, 0.2) is 0 Å². The number of amides is 1. The minimum Gasteiger partial charge on any atom is -0.325 e. The Labute approximate surface area is 105 Å². The first-order valence-corrected chi connectivity index (χ1v) is 7.19. The summed E-state index contributed by atoms with van der Waals surface area (Å²) in [6.45, 7) is 7.28. The zero-order valence-electron chi connectivity index (χ0n) is 11.5. The molecule has 1 amide bonds. The van der Waals surface area contributed by atoms with Gasteiger partial charge in [0.25, 0.3) is 0 Å². The molecule has 0 spiro atoms. The Morgan fingerprint density at radius 2 is 2.00 bits per heavy atom. The minimum atomic E-state index is -0.320. The van der Waals surface area contributed by atoms with Gasteiger partial charge in [-0.25, -0.2) is 0 Å². The Hall–Kier alpha value is -0.570. The third kappa shape index (κ3) is 2.35. The topological polar surface area (TPSA) is 32.3 Å². The van der Waals surface area contributed by atoms with Gasteiger partial charge < -0.3 is 4.90 Å². The van der Waals surface area contributed by atoms with Crippen LogP contribution in [0.1, 0.15) is 59.3 Å². The number of nitrogens with one attached hydrogen (secondary N) is 1. The number of rotatable bonds is 4. The summed E-state index contributed by atoms with van der Waals surface area (Å²) >= 11 is 0. The maximum atomic E-state index is 12.5. The van der Waals surface area contributed by atoms with E-state index in [1.54, 1.807) is 0 Å². The largest absolute Gasteiger partial charge is 0.325 e. The van der Waals surface area contributed by atoms with E-state index < -0.39 is 0 Å². The van der Waals surface area contributed by atoms with Gasteiger partial charge in [-0.1, -0.05) is 26.7 Å². The molecule has 3 heteroatoms. The predicted molar refractivity (Wildman–Crippen MR) is 69.6 cm³/mol. The predicted octanol–water partition coefficient (Wildman–Crippen LogP) is 2.51. The Kier molecular flexibility index (Phi) is 3.76. The van der Waals surface area contributed by atoms with Crippen LogP contribution in [0.5, 0.6) is 0 Å². The van der Waals surface area contributed by atoms with E-state index >= 15 is 0 Å². The maximum Gasteiger partial charge on any atom is 0.243 e. The molecule has 1 heterocycles. The molecule has 2 aliphatic rings. The van der Waals surface area contributed by atoms with E-state index in [4.69, 9.17) is 0 Å². The van der Waals surface area contributed by atoms with Crippen molar-refractivity contribution in [1.82, 2.24) is 10.2 Å². The number of carbonyl (C=O) groups is 1. The molecule has 3 nitrogen and oxygen atoms in total. The van der Waals surface area contributed by atoms with E-state index in [1.807, 2.05) is 6.92 Å². The van der Waals surface area contributed by atoms with E-state index in [2.05, 4.69) is 24.1 Å². The monoisotopic (exact) mass is 238 g/mol. The van der Waals surface area contributed by atoms with Crippen LogP contribution in [0.3, 0.4) is 0 Å². The molecule has 17 heavy (non-hydrogen) atoms. The van der Waals surface area contributed by atoms with Crippen molar-refractivity contribution < 1.29 is 4.79 Å². The highest BCUT2D eigenvalue weighted by Gasteiger charge is 2.46. The van der Waals surface area contributed by atoms with Crippen LogP contribution in [-0.2, 0) is 4.79 Å². The van der Waals surface area contributed by atoms with Crippen molar-refractivity contribution in [2.24, 2.45) is 5.92 Å². The molecule has 0 aromatic heterocycles. The van der Waals surface area contributed by atoms with E-state index in [0.717, 1.165) is 25.3 Å². The van der Waals surface area contributed by atoms with Crippen molar-refractivity contribution in [3.63, 3.8) is 0 Å². The standard InChI is InChI=1S/C14H26N2O/c1-4-12-15-14(3,5-2)13(17)16(12)10-11-8-6-7-9-11/h11-12,15H,4-10H2,1-3H3. The molecule has 1 aliphatic carbocycles. The number of hydrogen-bond acceptors (Lipinski definition) is 2. The van der Waals surface area contributed by atoms with E-state index in [-0.39, 0.29) is 11.7 Å². The molecule has 2 rings (SSSR count). The van der Waals surface area contributed by atoms with Gasteiger partial charge in [0.2, 0.25) is 5.91 Å². The Morgan fingerprint density at radius 3 is 2.53 bits per heavy atom. The molecule has 1 saturated heterocycles. The molecule has 0 radical (unpaired) electrons. The summed E-state index contributed by atoms with van der Waals surface area (Å²) in [5.74, 6) is 1.06. The van der Waals surface area contributed by atoms with Gasteiger partial charge in [-0.2, -0.15) is 0 Å². The molecule has 2 unspecified atom stereocenters. The van der Waals surface area contributed by atoms with Crippen molar-refractivity contribution >= 4 is 5.91 Å². The van der Waals surface area contributed by atoms with Gasteiger partial charge in [-0.15, -0.1) is 0 Å². The van der Waals surface area contributed by atoms with Crippen molar-refractivity contribution in [1.29, 1.82) is 0 Å². The molecule has 1 N–H and O–H groups in total. The summed E-state index contributed by atoms with van der Waals surface area (Å²) < 4.78 is 0. The number of hydrogen-bond donors (Lipinski definition) is 1. The van der Waals surface area contributed by atoms with Crippen LogP contribution in [0.4, 0.5) is 0 Å². The van der Waals surface area contributed by atoms with Gasteiger partial charge >= 0.3 is 0 Å². The summed E-state index contributed by atoms with van der Waals surface area (Å²) in [4.78, 5) is 14.6. The smallest absolute Gasteiger partial charge is 0.243 e. The highest BCUT2D eigenvalue weighted by atomic mass is 16.2. The first-order chi connectivity index (χ1) is 8.10. The van der Waals surface area contributed by atoms with Crippen molar-refractivity contribution in [3.05, 3.63) is 0 Å². The Bertz CT molecular complexity index is 286. The lowest BCUT2D eigenvalue weighted by Crippen LogP contribution is -2.43. The third-order valence-electron chi connectivity index (χ3n) is 4.62. The van der Waals surface area contributed by atoms with Crippen molar-refractivity contribution in [2.45, 2.75) is 71.0 Å². The quantitative estimate of drug-likeness (QED) is 0.816. The molecule has 0 bridgehead atoms. The van der Waals surface area contributed by atoms with E-state index in [9.17, 15) is 4.79 Å². The van der Waals surface area contributed by atoms with Gasteiger partial charge in [-0.05, 0) is 38.5 Å². The first kappa shape index (κ1) is 12.9. The molecule has 0 aromatic rings. The number of carbonyl (C=O) groups excluding carboxylic acids is 1. The zero-order chi connectivity index (χ0) is 12.5. The van der Waals surface area contributed by atoms with Gasteiger partial charge in [0.1, 0.15) is 0 Å². The summed E-state index contributed by atoms with van der Waals surface area (Å²) in [6.07, 6.45) is 7.46. The average molecular weight is 238 g/mol. The van der Waals surface area contributed by atoms with Gasteiger partial charge in [0.15, 0.2) is 0 Å². The zero-order valence-corrected chi connectivity index (χ0v) is 11.5. The van der Waals surface area contributed by atoms with E-state index in [1.165, 1.54) is 25.7 Å². The Morgan fingerprint density at radius 1 is 1.35 bits per heavy atom. The highest BCUT2D eigenvalue weighted by molar-refractivity contribution is 5.88. The fourth-order valence-electron chi connectivity index (χ4n) is 3.22. The molecule has 2 fully saturated rings. The normalized spacial score (nSPS) is 34.9. The van der Waals surface area contributed by atoms with Crippen LogP contribution < -0.4 is 5.32 Å². The van der Waals surface area contributed by atoms with Crippen LogP contribution in [0.25, 0.3) is 0 Å². The summed E-state index contributed by atoms with van der Waals surface area (Å²) in [5, 5.41) is 3.52. The van der Waals surface area contributed by atoms with Gasteiger partial charge in [0, 0.05) is 6.54 Å². The fraction of sp³-hybridized carbons (Fsp3) is 0.929. The lowest BCUT2D eigenvalue weighted by molar-refractivity contribution is -0.133. The number of nitrogens with zero attached hydrogens (tertiary/aromatic N) is 1. The van der Waals surface area contributed by atoms with Crippen LogP contribution in [0, 0.1) is 5.92 Å². The second-order valence-electron chi connectivity index (χ2n) is 5.86. The molecule has 1 aliphatic heterocycles.